The van der Waals surface area contributed by atoms with Crippen molar-refractivity contribution < 1.29 is 0 Å². The summed E-state index contributed by atoms with van der Waals surface area (Å²) < 4.78 is 0. The van der Waals surface area contributed by atoms with Crippen molar-refractivity contribution in [3.05, 3.63) is 29.3 Å². The first-order chi connectivity index (χ1) is 9.38. The second-order valence-corrected chi connectivity index (χ2v) is 6.43. The number of anilines is 2. The van der Waals surface area contributed by atoms with Crippen LogP contribution in [0.5, 0.6) is 0 Å². The van der Waals surface area contributed by atoms with Gasteiger partial charge in [-0.1, -0.05) is 19.9 Å². The van der Waals surface area contributed by atoms with Crippen molar-refractivity contribution >= 4 is 16.9 Å². The molecule has 110 valence electrons. The summed E-state index contributed by atoms with van der Waals surface area (Å²) in [6.45, 7) is 13.3. The van der Waals surface area contributed by atoms with Gasteiger partial charge in [0.05, 0.1) is 5.54 Å². The highest BCUT2D eigenvalue weighted by atomic mass is 15.0. The largest absolute Gasteiger partial charge is 0.383 e. The molecule has 1 atom stereocenters. The summed E-state index contributed by atoms with van der Waals surface area (Å²) in [5.41, 5.74) is 6.75. The number of fused-ring (bicyclic) bond motifs is 1. The fraction of sp³-hybridized carbons (Fsp3) is 0.556. The lowest BCUT2D eigenvalue weighted by atomic mass is 9.85. The van der Waals surface area contributed by atoms with Gasteiger partial charge in [-0.15, -0.1) is 0 Å². The van der Waals surface area contributed by atoms with Gasteiger partial charge in [0, 0.05) is 23.0 Å². The molecule has 1 aromatic rings. The maximum absolute atomic E-state index is 3.73. The molecule has 2 nitrogen and oxygen atoms in total. The number of aryl methyl sites for hydroxylation is 1. The summed E-state index contributed by atoms with van der Waals surface area (Å²) >= 11 is 0. The van der Waals surface area contributed by atoms with Gasteiger partial charge in [-0.05, 0) is 63.8 Å². The first-order valence-electron chi connectivity index (χ1n) is 7.80. The lowest BCUT2D eigenvalue weighted by Gasteiger charge is -2.36. The van der Waals surface area contributed by atoms with E-state index in [1.54, 1.807) is 0 Å². The standard InChI is InChI=1S/C18H28N2/c1-7-14-11-18(6,8-2)20-17-13(5)9-15(10-16(14)17)19-12(3)4/h9-12,19-20H,7-8H2,1-6H3. The van der Waals surface area contributed by atoms with Crippen LogP contribution >= 0.6 is 0 Å². The van der Waals surface area contributed by atoms with Crippen molar-refractivity contribution in [2.75, 3.05) is 10.6 Å². The van der Waals surface area contributed by atoms with Crippen LogP contribution in [0.1, 0.15) is 58.6 Å². The second kappa shape index (κ2) is 5.51. The van der Waals surface area contributed by atoms with E-state index in [2.05, 4.69) is 70.4 Å². The molecule has 2 N–H and O–H groups in total. The first-order valence-corrected chi connectivity index (χ1v) is 7.80. The molecule has 0 aromatic heterocycles. The third-order valence-electron chi connectivity index (χ3n) is 4.16. The molecule has 0 radical (unpaired) electrons. The Balaban J connectivity index is 2.51. The highest BCUT2D eigenvalue weighted by Gasteiger charge is 2.27. The Hall–Kier alpha value is -1.44. The third-order valence-corrected chi connectivity index (χ3v) is 4.16. The van der Waals surface area contributed by atoms with E-state index in [1.165, 1.54) is 28.1 Å². The minimum absolute atomic E-state index is 0.0795. The molecule has 0 fully saturated rings. The maximum Gasteiger partial charge on any atom is 0.0531 e. The molecule has 20 heavy (non-hydrogen) atoms. The number of rotatable bonds is 4. The van der Waals surface area contributed by atoms with Crippen molar-refractivity contribution in [2.45, 2.75) is 66.0 Å². The summed E-state index contributed by atoms with van der Waals surface area (Å²) in [5, 5.41) is 7.25. The van der Waals surface area contributed by atoms with Gasteiger partial charge >= 0.3 is 0 Å². The molecule has 1 aliphatic rings. The molecule has 0 spiro atoms. The molecular weight excluding hydrogens is 244 g/mol. The normalized spacial score (nSPS) is 21.2. The SMILES string of the molecule is CCC1=CC(C)(CC)Nc2c(C)cc(NC(C)C)cc21. The van der Waals surface area contributed by atoms with Gasteiger partial charge in [-0.2, -0.15) is 0 Å². The maximum atomic E-state index is 3.73. The van der Waals surface area contributed by atoms with Crippen molar-refractivity contribution in [2.24, 2.45) is 0 Å². The van der Waals surface area contributed by atoms with Gasteiger partial charge in [-0.25, -0.2) is 0 Å². The molecular formula is C18H28N2. The highest BCUT2D eigenvalue weighted by Crippen LogP contribution is 2.40. The molecule has 1 unspecified atom stereocenters. The first kappa shape index (κ1) is 15.0. The van der Waals surface area contributed by atoms with E-state index < -0.39 is 0 Å². The molecule has 1 aliphatic heterocycles. The highest BCUT2D eigenvalue weighted by molar-refractivity contribution is 5.85. The lowest BCUT2D eigenvalue weighted by molar-refractivity contribution is 0.607. The van der Waals surface area contributed by atoms with E-state index in [0.29, 0.717) is 6.04 Å². The van der Waals surface area contributed by atoms with Gasteiger partial charge in [-0.3, -0.25) is 0 Å². The van der Waals surface area contributed by atoms with Crippen LogP contribution in [0, 0.1) is 6.92 Å². The van der Waals surface area contributed by atoms with Gasteiger partial charge in [0.25, 0.3) is 0 Å². The average molecular weight is 272 g/mol. The zero-order valence-electron chi connectivity index (χ0n) is 13.7. The molecule has 1 aromatic carbocycles. The minimum Gasteiger partial charge on any atom is -0.383 e. The predicted molar refractivity (Wildman–Crippen MR) is 90.5 cm³/mol. The molecule has 0 amide bonds. The van der Waals surface area contributed by atoms with Gasteiger partial charge in [0.2, 0.25) is 0 Å². The minimum atomic E-state index is 0.0795. The fourth-order valence-electron chi connectivity index (χ4n) is 2.89. The van der Waals surface area contributed by atoms with Gasteiger partial charge in [0.15, 0.2) is 0 Å². The van der Waals surface area contributed by atoms with E-state index in [1.807, 2.05) is 0 Å². The van der Waals surface area contributed by atoms with Crippen LogP contribution in [0.3, 0.4) is 0 Å². The van der Waals surface area contributed by atoms with Crippen LogP contribution < -0.4 is 10.6 Å². The molecule has 2 rings (SSSR count). The third kappa shape index (κ3) is 2.84. The molecule has 2 heteroatoms. The van der Waals surface area contributed by atoms with Crippen LogP contribution in [0.4, 0.5) is 11.4 Å². The van der Waals surface area contributed by atoms with E-state index in [-0.39, 0.29) is 5.54 Å². The van der Waals surface area contributed by atoms with Crippen LogP contribution in [-0.2, 0) is 0 Å². The quantitative estimate of drug-likeness (QED) is 0.787. The Morgan fingerprint density at radius 3 is 2.50 bits per heavy atom. The van der Waals surface area contributed by atoms with Crippen LogP contribution in [0.15, 0.2) is 18.2 Å². The molecule has 0 saturated heterocycles. The Kier molecular flexibility index (Phi) is 4.12. The molecule has 0 bridgehead atoms. The monoisotopic (exact) mass is 272 g/mol. The zero-order valence-corrected chi connectivity index (χ0v) is 13.7. The van der Waals surface area contributed by atoms with Crippen LogP contribution in [-0.4, -0.2) is 11.6 Å². The molecule has 1 heterocycles. The summed E-state index contributed by atoms with van der Waals surface area (Å²) in [4.78, 5) is 0. The van der Waals surface area contributed by atoms with E-state index >= 15 is 0 Å². The number of benzene rings is 1. The van der Waals surface area contributed by atoms with Crippen LogP contribution in [0.2, 0.25) is 0 Å². The van der Waals surface area contributed by atoms with Crippen LogP contribution in [0.25, 0.3) is 5.57 Å². The van der Waals surface area contributed by atoms with E-state index in [9.17, 15) is 0 Å². The molecule has 0 aliphatic carbocycles. The summed E-state index contributed by atoms with van der Waals surface area (Å²) in [6, 6.07) is 5.00. The van der Waals surface area contributed by atoms with E-state index in [0.717, 1.165) is 12.8 Å². The number of allylic oxidation sites excluding steroid dienone is 1. The van der Waals surface area contributed by atoms with Crippen molar-refractivity contribution in [3.63, 3.8) is 0 Å². The smallest absolute Gasteiger partial charge is 0.0531 e. The van der Waals surface area contributed by atoms with E-state index in [4.69, 9.17) is 0 Å². The fourth-order valence-corrected chi connectivity index (χ4v) is 2.89. The molecule has 0 saturated carbocycles. The summed E-state index contributed by atoms with van der Waals surface area (Å²) in [7, 11) is 0. The number of nitrogens with one attached hydrogen (secondary N) is 2. The average Bonchev–Trinajstić information content (AvgIpc) is 2.38. The topological polar surface area (TPSA) is 24.1 Å². The zero-order chi connectivity index (χ0) is 14.9. The summed E-state index contributed by atoms with van der Waals surface area (Å²) in [6.07, 6.45) is 4.59. The second-order valence-electron chi connectivity index (χ2n) is 6.43. The number of hydrogen-bond donors (Lipinski definition) is 2. The summed E-state index contributed by atoms with van der Waals surface area (Å²) in [5.74, 6) is 0. The van der Waals surface area contributed by atoms with Crippen molar-refractivity contribution in [1.29, 1.82) is 0 Å². The van der Waals surface area contributed by atoms with Gasteiger partial charge in [0.1, 0.15) is 0 Å². The Morgan fingerprint density at radius 1 is 1.25 bits per heavy atom. The number of hydrogen-bond acceptors (Lipinski definition) is 2. The van der Waals surface area contributed by atoms with Crippen molar-refractivity contribution in [1.82, 2.24) is 0 Å². The van der Waals surface area contributed by atoms with Crippen molar-refractivity contribution in [3.8, 4) is 0 Å². The Morgan fingerprint density at radius 2 is 1.95 bits per heavy atom. The van der Waals surface area contributed by atoms with Gasteiger partial charge < -0.3 is 10.6 Å². The Labute approximate surface area is 123 Å². The lowest BCUT2D eigenvalue weighted by Crippen LogP contribution is -2.35. The Bertz CT molecular complexity index is 528. The predicted octanol–water partition coefficient (Wildman–Crippen LogP) is 5.20.